The van der Waals surface area contributed by atoms with Gasteiger partial charge in [0.25, 0.3) is 0 Å². The van der Waals surface area contributed by atoms with Crippen LogP contribution in [-0.2, 0) is 26.2 Å². The minimum Gasteiger partial charge on any atom is -0.507 e. The molecular weight excluding hydrogens is 708 g/mol. The summed E-state index contributed by atoms with van der Waals surface area (Å²) in [6.45, 7) is 1.58. The van der Waals surface area contributed by atoms with Crippen LogP contribution in [0.3, 0.4) is 0 Å². The third-order valence-electron chi connectivity index (χ3n) is 9.08. The Hall–Kier alpha value is -4.99. The topological polar surface area (TPSA) is 199 Å². The van der Waals surface area contributed by atoms with Gasteiger partial charge < -0.3 is 38.8 Å². The number of hydrogen-bond donors (Lipinski definition) is 3. The van der Waals surface area contributed by atoms with Crippen molar-refractivity contribution in [2.24, 2.45) is 11.1 Å². The van der Waals surface area contributed by atoms with Gasteiger partial charge in [-0.1, -0.05) is 30.7 Å². The van der Waals surface area contributed by atoms with Gasteiger partial charge in [0.1, 0.15) is 22.1 Å². The van der Waals surface area contributed by atoms with E-state index in [0.29, 0.717) is 11.1 Å². The van der Waals surface area contributed by atoms with Gasteiger partial charge in [0.15, 0.2) is 28.8 Å². The number of aliphatic hydroxyl groups excluding tert-OH is 1. The lowest BCUT2D eigenvalue weighted by atomic mass is 9.69. The van der Waals surface area contributed by atoms with Crippen LogP contribution >= 0.6 is 11.6 Å². The lowest BCUT2D eigenvalue weighted by Crippen LogP contribution is -2.53. The van der Waals surface area contributed by atoms with E-state index < -0.39 is 57.1 Å². The number of ketones is 2. The summed E-state index contributed by atoms with van der Waals surface area (Å²) < 4.78 is 57.0. The molecule has 2 aliphatic rings. The molecule has 272 valence electrons. The van der Waals surface area contributed by atoms with Gasteiger partial charge in [-0.2, -0.15) is 0 Å². The molecule has 4 N–H and O–H groups in total. The number of methoxy groups -OCH3 is 5. The molecule has 14 nitrogen and oxygen atoms in total. The Balaban J connectivity index is 1.63. The predicted octanol–water partition coefficient (Wildman–Crippen LogP) is 4.26. The minimum absolute atomic E-state index is 0.0112. The van der Waals surface area contributed by atoms with Gasteiger partial charge in [-0.25, -0.2) is 13.6 Å². The Labute approximate surface area is 299 Å². The van der Waals surface area contributed by atoms with Crippen LogP contribution in [0.25, 0.3) is 0 Å². The fourth-order valence-electron chi connectivity index (χ4n) is 6.48. The number of carbonyl (C=O) groups is 3. The molecule has 0 radical (unpaired) electrons. The Morgan fingerprint density at radius 2 is 1.57 bits per heavy atom. The number of hydrogen-bond acceptors (Lipinski definition) is 12. The van der Waals surface area contributed by atoms with E-state index in [1.165, 1.54) is 65.9 Å². The maximum absolute atomic E-state index is 14.4. The maximum Gasteiger partial charge on any atom is 0.238 e. The maximum atomic E-state index is 14.4. The molecule has 1 spiro atoms. The fourth-order valence-corrected chi connectivity index (χ4v) is 7.26. The van der Waals surface area contributed by atoms with Crippen molar-refractivity contribution in [3.05, 3.63) is 75.5 Å². The molecule has 0 saturated carbocycles. The highest BCUT2D eigenvalue weighted by molar-refractivity contribution is 7.89. The standard InChI is InChI=1S/C35H37ClN2O12S/c1-17-11-22(39)28(33(41)35(17)34(42)29-23(45-2)15-24(46-3)30(36)32(29)50-35)21(19-12-25(47-4)31(49-6)26(13-19)48-5)14-27(40)38-16-18-7-9-20(10-8-18)51(37,43)44/h7-10,12-13,15,17,21,41H,11,14,16H2,1-6H3,(H,38,40)(H2,37,43,44)/t17-,21?,35+/m1/s1. The van der Waals surface area contributed by atoms with Crippen molar-refractivity contribution < 1.29 is 56.3 Å². The summed E-state index contributed by atoms with van der Waals surface area (Å²) in [6, 6.07) is 10.1. The number of ether oxygens (including phenoxy) is 6. The number of primary sulfonamides is 1. The molecule has 16 heteroatoms. The summed E-state index contributed by atoms with van der Waals surface area (Å²) in [5.74, 6) is -3.68. The van der Waals surface area contributed by atoms with Gasteiger partial charge in [-0.3, -0.25) is 14.4 Å². The number of nitrogens with two attached hydrogens (primary N) is 1. The SMILES string of the molecule is COc1cc(OC)c2c(c1Cl)O[C@]1(C2=O)C(O)=C(C(CC(=O)NCc2ccc(S(N)(=O)=O)cc2)c2cc(OC)c(OC)c(OC)c2)C(=O)C[C@H]1C. The summed E-state index contributed by atoms with van der Waals surface area (Å²) in [6.07, 6.45) is -0.641. The number of Topliss-reactive ketones (excluding diaryl/α,β-unsaturated/α-hetero) is 2. The van der Waals surface area contributed by atoms with Crippen molar-refractivity contribution in [2.45, 2.75) is 42.7 Å². The monoisotopic (exact) mass is 744 g/mol. The summed E-state index contributed by atoms with van der Waals surface area (Å²) in [4.78, 5) is 42.0. The first-order chi connectivity index (χ1) is 24.2. The number of rotatable bonds is 12. The van der Waals surface area contributed by atoms with E-state index in [1.54, 1.807) is 19.1 Å². The highest BCUT2D eigenvalue weighted by Crippen LogP contribution is 2.56. The third kappa shape index (κ3) is 6.52. The van der Waals surface area contributed by atoms with E-state index in [9.17, 15) is 27.9 Å². The van der Waals surface area contributed by atoms with Crippen LogP contribution < -0.4 is 38.9 Å². The molecule has 0 bridgehead atoms. The zero-order valence-corrected chi connectivity index (χ0v) is 30.2. The first-order valence-corrected chi connectivity index (χ1v) is 17.4. The van der Waals surface area contributed by atoms with Crippen molar-refractivity contribution in [3.8, 4) is 34.5 Å². The molecule has 1 amide bonds. The van der Waals surface area contributed by atoms with Crippen LogP contribution in [0.4, 0.5) is 0 Å². The van der Waals surface area contributed by atoms with Crippen LogP contribution in [-0.4, -0.2) is 72.1 Å². The molecule has 1 aliphatic heterocycles. The third-order valence-corrected chi connectivity index (χ3v) is 10.4. The summed E-state index contributed by atoms with van der Waals surface area (Å²) in [5.41, 5.74) is -1.50. The van der Waals surface area contributed by atoms with Crippen LogP contribution in [0.15, 0.2) is 58.7 Å². The average molecular weight is 745 g/mol. The van der Waals surface area contributed by atoms with Gasteiger partial charge in [0.05, 0.1) is 40.4 Å². The van der Waals surface area contributed by atoms with Crippen molar-refractivity contribution >= 4 is 39.1 Å². The van der Waals surface area contributed by atoms with E-state index in [-0.39, 0.29) is 68.5 Å². The number of aliphatic hydroxyl groups is 1. The van der Waals surface area contributed by atoms with Crippen molar-refractivity contribution in [3.63, 3.8) is 0 Å². The van der Waals surface area contributed by atoms with E-state index in [2.05, 4.69) is 5.32 Å². The second-order valence-corrected chi connectivity index (χ2v) is 13.9. The number of halogens is 1. The smallest absolute Gasteiger partial charge is 0.238 e. The minimum atomic E-state index is -3.91. The molecule has 3 atom stereocenters. The van der Waals surface area contributed by atoms with E-state index in [4.69, 9.17) is 45.2 Å². The van der Waals surface area contributed by atoms with Crippen LogP contribution in [0.5, 0.6) is 34.5 Å². The van der Waals surface area contributed by atoms with E-state index in [0.717, 1.165) is 0 Å². The lowest BCUT2D eigenvalue weighted by Gasteiger charge is -2.38. The normalized spacial score (nSPS) is 18.9. The Kier molecular flexibility index (Phi) is 10.5. The van der Waals surface area contributed by atoms with Crippen LogP contribution in [0.2, 0.25) is 5.02 Å². The molecule has 0 fully saturated rings. The molecule has 0 saturated heterocycles. The number of allylic oxidation sites excluding steroid dienone is 1. The zero-order chi connectivity index (χ0) is 37.4. The Bertz CT molecular complexity index is 2020. The Morgan fingerprint density at radius 3 is 2.10 bits per heavy atom. The van der Waals surface area contributed by atoms with Gasteiger partial charge in [-0.05, 0) is 35.4 Å². The molecule has 3 aromatic carbocycles. The molecular formula is C35H37ClN2O12S. The molecule has 0 aromatic heterocycles. The summed E-state index contributed by atoms with van der Waals surface area (Å²) in [5, 5.41) is 20.1. The van der Waals surface area contributed by atoms with Gasteiger partial charge >= 0.3 is 0 Å². The number of benzene rings is 3. The van der Waals surface area contributed by atoms with Crippen molar-refractivity contribution in [1.82, 2.24) is 5.32 Å². The average Bonchev–Trinajstić information content (AvgIpc) is 3.43. The first-order valence-electron chi connectivity index (χ1n) is 15.5. The highest BCUT2D eigenvalue weighted by Gasteiger charge is 2.61. The van der Waals surface area contributed by atoms with Crippen LogP contribution in [0.1, 0.15) is 47.2 Å². The number of nitrogens with one attached hydrogen (secondary N) is 1. The Morgan fingerprint density at radius 1 is 0.980 bits per heavy atom. The van der Waals surface area contributed by atoms with E-state index >= 15 is 0 Å². The van der Waals surface area contributed by atoms with Crippen molar-refractivity contribution in [2.75, 3.05) is 35.5 Å². The van der Waals surface area contributed by atoms with Gasteiger partial charge in [0.2, 0.25) is 33.1 Å². The fraction of sp³-hybridized carbons (Fsp3) is 0.343. The molecule has 5 rings (SSSR count). The number of fused-ring (bicyclic) bond motifs is 1. The highest BCUT2D eigenvalue weighted by atomic mass is 35.5. The number of amides is 1. The van der Waals surface area contributed by atoms with Gasteiger partial charge in [0, 0.05) is 42.9 Å². The zero-order valence-electron chi connectivity index (χ0n) is 28.6. The predicted molar refractivity (Wildman–Crippen MR) is 184 cm³/mol. The molecule has 3 aromatic rings. The molecule has 1 aliphatic carbocycles. The summed E-state index contributed by atoms with van der Waals surface area (Å²) >= 11 is 6.60. The quantitative estimate of drug-likeness (QED) is 0.239. The molecule has 1 unspecified atom stereocenters. The van der Waals surface area contributed by atoms with Gasteiger partial charge in [-0.15, -0.1) is 0 Å². The lowest BCUT2D eigenvalue weighted by molar-refractivity contribution is -0.122. The van der Waals surface area contributed by atoms with E-state index in [1.807, 2.05) is 0 Å². The number of sulfonamides is 1. The number of carbonyl (C=O) groups excluding carboxylic acids is 3. The second-order valence-electron chi connectivity index (χ2n) is 11.9. The van der Waals surface area contributed by atoms with Crippen molar-refractivity contribution in [1.29, 1.82) is 0 Å². The summed E-state index contributed by atoms with van der Waals surface area (Å²) in [7, 11) is 3.03. The largest absolute Gasteiger partial charge is 0.507 e. The van der Waals surface area contributed by atoms with Crippen LogP contribution in [0, 0.1) is 5.92 Å². The second kappa shape index (κ2) is 14.3. The molecule has 1 heterocycles. The molecule has 51 heavy (non-hydrogen) atoms. The first kappa shape index (κ1) is 37.3.